The molecule has 0 saturated carbocycles. The van der Waals surface area contributed by atoms with Crippen molar-refractivity contribution in [3.8, 4) is 0 Å². The Bertz CT molecular complexity index is 562. The van der Waals surface area contributed by atoms with E-state index in [1.165, 1.54) is 11.3 Å². The molecule has 2 rings (SSSR count). The van der Waals surface area contributed by atoms with Gasteiger partial charge in [0.2, 0.25) is 0 Å². The van der Waals surface area contributed by atoms with Gasteiger partial charge in [0.05, 0.1) is 6.42 Å². The molecule has 0 aliphatic heterocycles. The van der Waals surface area contributed by atoms with Crippen LogP contribution in [0.15, 0.2) is 23.6 Å². The van der Waals surface area contributed by atoms with Gasteiger partial charge in [0.15, 0.2) is 5.78 Å². The molecule has 0 atom stereocenters. The second kappa shape index (κ2) is 4.98. The Morgan fingerprint density at radius 1 is 1.41 bits per heavy atom. The summed E-state index contributed by atoms with van der Waals surface area (Å²) < 4.78 is 0. The summed E-state index contributed by atoms with van der Waals surface area (Å²) in [7, 11) is 0. The number of carbonyl (C=O) groups is 1. The lowest BCUT2D eigenvalue weighted by Crippen LogP contribution is -2.05. The summed E-state index contributed by atoms with van der Waals surface area (Å²) in [4.78, 5) is 16.4. The number of carbonyl (C=O) groups excluding carboxylic acids is 1. The normalized spacial score (nSPS) is 10.5. The van der Waals surface area contributed by atoms with Crippen LogP contribution in [0.4, 0.5) is 0 Å². The zero-order chi connectivity index (χ0) is 12.4. The molecule has 0 aliphatic carbocycles. The fourth-order valence-electron chi connectivity index (χ4n) is 1.63. The largest absolute Gasteiger partial charge is 0.294 e. The van der Waals surface area contributed by atoms with E-state index in [1.807, 2.05) is 25.3 Å². The van der Waals surface area contributed by atoms with Gasteiger partial charge in [-0.2, -0.15) is 0 Å². The standard InChI is InChI=1S/C13H12ClNOS/c1-8-7-17-13(15-8)6-12(16)10-4-3-5-11(14)9(10)2/h3-5,7H,6H2,1-2H3. The van der Waals surface area contributed by atoms with Crippen molar-refractivity contribution in [1.29, 1.82) is 0 Å². The maximum Gasteiger partial charge on any atom is 0.169 e. The lowest BCUT2D eigenvalue weighted by Gasteiger charge is -2.05. The molecule has 0 bridgehead atoms. The minimum Gasteiger partial charge on any atom is -0.294 e. The van der Waals surface area contributed by atoms with E-state index < -0.39 is 0 Å². The number of aromatic nitrogens is 1. The van der Waals surface area contributed by atoms with Crippen molar-refractivity contribution in [2.24, 2.45) is 0 Å². The molecular weight excluding hydrogens is 254 g/mol. The van der Waals surface area contributed by atoms with Crippen LogP contribution in [0.3, 0.4) is 0 Å². The number of rotatable bonds is 3. The highest BCUT2D eigenvalue weighted by Gasteiger charge is 2.13. The number of ketones is 1. The van der Waals surface area contributed by atoms with Crippen LogP contribution in [0.25, 0.3) is 0 Å². The van der Waals surface area contributed by atoms with Crippen molar-refractivity contribution in [1.82, 2.24) is 4.98 Å². The molecule has 1 aromatic carbocycles. The first kappa shape index (κ1) is 12.3. The van der Waals surface area contributed by atoms with Gasteiger partial charge in [-0.25, -0.2) is 4.98 Å². The summed E-state index contributed by atoms with van der Waals surface area (Å²) in [5.41, 5.74) is 2.48. The van der Waals surface area contributed by atoms with Crippen LogP contribution in [0.2, 0.25) is 5.02 Å². The van der Waals surface area contributed by atoms with E-state index in [9.17, 15) is 4.79 Å². The highest BCUT2D eigenvalue weighted by Crippen LogP contribution is 2.21. The smallest absolute Gasteiger partial charge is 0.169 e. The predicted octanol–water partition coefficient (Wildman–Crippen LogP) is 3.84. The average Bonchev–Trinajstić information content (AvgIpc) is 2.68. The Hall–Kier alpha value is -1.19. The average molecular weight is 266 g/mol. The predicted molar refractivity (Wildman–Crippen MR) is 71.1 cm³/mol. The first-order chi connectivity index (χ1) is 8.08. The SMILES string of the molecule is Cc1csc(CC(=O)c2cccc(Cl)c2C)n1. The lowest BCUT2D eigenvalue weighted by molar-refractivity contribution is 0.0992. The minimum atomic E-state index is 0.0688. The first-order valence-corrected chi connectivity index (χ1v) is 6.53. The maximum absolute atomic E-state index is 12.1. The molecule has 1 heterocycles. The molecule has 1 aromatic heterocycles. The van der Waals surface area contributed by atoms with Crippen LogP contribution in [0, 0.1) is 13.8 Å². The molecule has 0 spiro atoms. The van der Waals surface area contributed by atoms with Crippen molar-refractivity contribution in [2.45, 2.75) is 20.3 Å². The highest BCUT2D eigenvalue weighted by atomic mass is 35.5. The number of hydrogen-bond acceptors (Lipinski definition) is 3. The summed E-state index contributed by atoms with van der Waals surface area (Å²) in [6.45, 7) is 3.79. The van der Waals surface area contributed by atoms with Crippen molar-refractivity contribution in [2.75, 3.05) is 0 Å². The number of Topliss-reactive ketones (excluding diaryl/α,β-unsaturated/α-hetero) is 1. The summed E-state index contributed by atoms with van der Waals surface area (Å²) >= 11 is 7.52. The quantitative estimate of drug-likeness (QED) is 0.790. The van der Waals surface area contributed by atoms with E-state index in [1.54, 1.807) is 12.1 Å². The van der Waals surface area contributed by atoms with E-state index in [2.05, 4.69) is 4.98 Å². The Morgan fingerprint density at radius 2 is 2.18 bits per heavy atom. The van der Waals surface area contributed by atoms with Crippen molar-refractivity contribution in [3.05, 3.63) is 50.4 Å². The Balaban J connectivity index is 2.23. The van der Waals surface area contributed by atoms with Gasteiger partial charge in [0.25, 0.3) is 0 Å². The van der Waals surface area contributed by atoms with Gasteiger partial charge < -0.3 is 0 Å². The van der Waals surface area contributed by atoms with Crippen molar-refractivity contribution in [3.63, 3.8) is 0 Å². The van der Waals surface area contributed by atoms with E-state index in [-0.39, 0.29) is 5.78 Å². The highest BCUT2D eigenvalue weighted by molar-refractivity contribution is 7.09. The van der Waals surface area contributed by atoms with E-state index in [4.69, 9.17) is 11.6 Å². The molecular formula is C13H12ClNOS. The topological polar surface area (TPSA) is 30.0 Å². The molecule has 0 aliphatic rings. The monoisotopic (exact) mass is 265 g/mol. The van der Waals surface area contributed by atoms with Gasteiger partial charge in [-0.3, -0.25) is 4.79 Å². The van der Waals surface area contributed by atoms with Crippen LogP contribution < -0.4 is 0 Å². The third kappa shape index (κ3) is 2.73. The zero-order valence-electron chi connectivity index (χ0n) is 9.66. The molecule has 2 aromatic rings. The van der Waals surface area contributed by atoms with Crippen LogP contribution in [-0.4, -0.2) is 10.8 Å². The number of thiazole rings is 1. The number of nitrogens with zero attached hydrogens (tertiary/aromatic N) is 1. The van der Waals surface area contributed by atoms with Crippen molar-refractivity contribution >= 4 is 28.7 Å². The molecule has 0 amide bonds. The third-order valence-corrected chi connectivity index (χ3v) is 3.92. The molecule has 0 radical (unpaired) electrons. The summed E-state index contributed by atoms with van der Waals surface area (Å²) in [5, 5.41) is 3.44. The molecule has 4 heteroatoms. The molecule has 0 fully saturated rings. The van der Waals surface area contributed by atoms with E-state index in [0.717, 1.165) is 16.3 Å². The molecule has 0 saturated heterocycles. The second-order valence-corrected chi connectivity index (χ2v) is 5.24. The van der Waals surface area contributed by atoms with Gasteiger partial charge in [0, 0.05) is 21.7 Å². The van der Waals surface area contributed by atoms with Gasteiger partial charge in [0.1, 0.15) is 5.01 Å². The van der Waals surface area contributed by atoms with Crippen LogP contribution in [-0.2, 0) is 6.42 Å². The Labute approximate surface area is 109 Å². The Kier molecular flexibility index (Phi) is 3.60. The maximum atomic E-state index is 12.1. The first-order valence-electron chi connectivity index (χ1n) is 5.27. The Morgan fingerprint density at radius 3 is 2.82 bits per heavy atom. The van der Waals surface area contributed by atoms with Crippen LogP contribution in [0.5, 0.6) is 0 Å². The molecule has 2 nitrogen and oxygen atoms in total. The number of aryl methyl sites for hydroxylation is 1. The van der Waals surface area contributed by atoms with Gasteiger partial charge in [-0.05, 0) is 25.5 Å². The van der Waals surface area contributed by atoms with E-state index >= 15 is 0 Å². The lowest BCUT2D eigenvalue weighted by atomic mass is 10.0. The van der Waals surface area contributed by atoms with E-state index in [0.29, 0.717) is 17.0 Å². The number of hydrogen-bond donors (Lipinski definition) is 0. The van der Waals surface area contributed by atoms with Gasteiger partial charge in [-0.1, -0.05) is 23.7 Å². The molecule has 88 valence electrons. The van der Waals surface area contributed by atoms with Crippen LogP contribution >= 0.6 is 22.9 Å². The second-order valence-electron chi connectivity index (χ2n) is 3.89. The molecule has 17 heavy (non-hydrogen) atoms. The van der Waals surface area contributed by atoms with Crippen LogP contribution in [0.1, 0.15) is 26.6 Å². The van der Waals surface area contributed by atoms with Crippen molar-refractivity contribution < 1.29 is 4.79 Å². The fraction of sp³-hybridized carbons (Fsp3) is 0.231. The summed E-state index contributed by atoms with van der Waals surface area (Å²) in [6.07, 6.45) is 0.347. The fourth-order valence-corrected chi connectivity index (χ4v) is 2.57. The molecule has 0 unspecified atom stereocenters. The molecule has 0 N–H and O–H groups in total. The summed E-state index contributed by atoms with van der Waals surface area (Å²) in [6, 6.07) is 5.40. The minimum absolute atomic E-state index is 0.0688. The number of halogens is 1. The summed E-state index contributed by atoms with van der Waals surface area (Å²) in [5.74, 6) is 0.0688. The third-order valence-electron chi connectivity index (χ3n) is 2.55. The number of benzene rings is 1. The van der Waals surface area contributed by atoms with Gasteiger partial charge in [-0.15, -0.1) is 11.3 Å². The zero-order valence-corrected chi connectivity index (χ0v) is 11.2. The van der Waals surface area contributed by atoms with Gasteiger partial charge >= 0.3 is 0 Å².